The lowest BCUT2D eigenvalue weighted by Gasteiger charge is -2.47. The van der Waals surface area contributed by atoms with Gasteiger partial charge in [-0.15, -0.1) is 0 Å². The fourth-order valence-corrected chi connectivity index (χ4v) is 4.88. The van der Waals surface area contributed by atoms with Crippen LogP contribution in [0.2, 0.25) is 0 Å². The Labute approximate surface area is 192 Å². The number of hydrogen-bond donors (Lipinski definition) is 3. The Morgan fingerprint density at radius 3 is 2.48 bits per heavy atom. The van der Waals surface area contributed by atoms with Gasteiger partial charge in [-0.1, -0.05) is 31.0 Å². The molecule has 1 aromatic carbocycles. The number of carbonyl (C=O) groups excluding carboxylic acids is 4. The molecule has 3 N–H and O–H groups in total. The number of fused-ring (bicyclic) bond motifs is 1. The fourth-order valence-electron chi connectivity index (χ4n) is 4.88. The molecule has 3 aliphatic rings. The van der Waals surface area contributed by atoms with E-state index < -0.39 is 36.3 Å². The molecule has 0 bridgehead atoms. The first-order valence-electron chi connectivity index (χ1n) is 11.4. The number of aliphatic hydroxyl groups is 1. The van der Waals surface area contributed by atoms with E-state index in [2.05, 4.69) is 10.6 Å². The van der Waals surface area contributed by atoms with E-state index in [4.69, 9.17) is 4.74 Å². The molecule has 3 fully saturated rings. The first-order valence-corrected chi connectivity index (χ1v) is 11.4. The SMILES string of the molecule is CN1C[C@@H]2CCCC[C@H](NC(=O)c3ccccc3)C(=O)N2[C@H](C(=O)NC2CC(=O)OC2O)C1. The van der Waals surface area contributed by atoms with Crippen molar-refractivity contribution < 1.29 is 29.0 Å². The van der Waals surface area contributed by atoms with Crippen LogP contribution in [-0.2, 0) is 19.1 Å². The molecule has 0 aliphatic carbocycles. The summed E-state index contributed by atoms with van der Waals surface area (Å²) in [5, 5.41) is 15.4. The van der Waals surface area contributed by atoms with Crippen molar-refractivity contribution in [3.05, 3.63) is 35.9 Å². The largest absolute Gasteiger partial charge is 0.434 e. The number of carbonyl (C=O) groups is 4. The Hall–Kier alpha value is -2.98. The molecule has 10 nitrogen and oxygen atoms in total. The number of piperazine rings is 1. The van der Waals surface area contributed by atoms with Gasteiger partial charge >= 0.3 is 5.97 Å². The summed E-state index contributed by atoms with van der Waals surface area (Å²) in [4.78, 5) is 54.7. The van der Waals surface area contributed by atoms with Crippen LogP contribution in [0.4, 0.5) is 0 Å². The maximum Gasteiger partial charge on any atom is 0.310 e. The highest BCUT2D eigenvalue weighted by Gasteiger charge is 2.45. The van der Waals surface area contributed by atoms with Gasteiger partial charge in [-0.3, -0.25) is 19.2 Å². The van der Waals surface area contributed by atoms with Crippen LogP contribution in [-0.4, -0.2) is 89.2 Å². The molecule has 3 saturated heterocycles. The topological polar surface area (TPSA) is 128 Å². The van der Waals surface area contributed by atoms with Gasteiger partial charge in [0.25, 0.3) is 5.91 Å². The summed E-state index contributed by atoms with van der Waals surface area (Å²) in [5.41, 5.74) is 0.469. The van der Waals surface area contributed by atoms with Crippen molar-refractivity contribution in [2.24, 2.45) is 0 Å². The van der Waals surface area contributed by atoms with E-state index in [1.54, 1.807) is 29.2 Å². The third-order valence-corrected chi connectivity index (χ3v) is 6.52. The Morgan fingerprint density at radius 2 is 1.79 bits per heavy atom. The zero-order chi connectivity index (χ0) is 23.5. The second-order valence-electron chi connectivity index (χ2n) is 9.01. The van der Waals surface area contributed by atoms with Crippen molar-refractivity contribution in [3.8, 4) is 0 Å². The maximum absolute atomic E-state index is 13.7. The van der Waals surface area contributed by atoms with Gasteiger partial charge in [0, 0.05) is 24.7 Å². The Morgan fingerprint density at radius 1 is 1.06 bits per heavy atom. The fraction of sp³-hybridized carbons (Fsp3) is 0.565. The molecule has 10 heteroatoms. The molecule has 0 aromatic heterocycles. The number of nitrogens with zero attached hydrogens (tertiary/aromatic N) is 2. The Balaban J connectivity index is 1.53. The molecule has 3 heterocycles. The van der Waals surface area contributed by atoms with Crippen LogP contribution in [0.15, 0.2) is 30.3 Å². The van der Waals surface area contributed by atoms with E-state index >= 15 is 0 Å². The van der Waals surface area contributed by atoms with Crippen molar-refractivity contribution in [2.75, 3.05) is 20.1 Å². The highest BCUT2D eigenvalue weighted by Crippen LogP contribution is 2.26. The second-order valence-corrected chi connectivity index (χ2v) is 9.01. The van der Waals surface area contributed by atoms with Gasteiger partial charge in [-0.05, 0) is 32.0 Å². The monoisotopic (exact) mass is 458 g/mol. The first kappa shape index (κ1) is 23.2. The smallest absolute Gasteiger partial charge is 0.310 e. The van der Waals surface area contributed by atoms with Crippen LogP contribution in [0.5, 0.6) is 0 Å². The summed E-state index contributed by atoms with van der Waals surface area (Å²) in [6.07, 6.45) is 1.39. The number of rotatable bonds is 4. The number of aliphatic hydroxyl groups excluding tert-OH is 1. The number of hydrogen-bond acceptors (Lipinski definition) is 7. The van der Waals surface area contributed by atoms with Gasteiger partial charge in [0.15, 0.2) is 0 Å². The van der Waals surface area contributed by atoms with Crippen LogP contribution in [0.1, 0.15) is 42.5 Å². The Bertz CT molecular complexity index is 909. The number of nitrogens with one attached hydrogen (secondary N) is 2. The molecule has 0 spiro atoms. The second kappa shape index (κ2) is 9.88. The van der Waals surface area contributed by atoms with Crippen molar-refractivity contribution in [3.63, 3.8) is 0 Å². The zero-order valence-corrected chi connectivity index (χ0v) is 18.6. The van der Waals surface area contributed by atoms with E-state index in [0.29, 0.717) is 25.1 Å². The number of amides is 3. The number of likely N-dealkylation sites (N-methyl/N-ethyl adjacent to an activating group) is 1. The molecular weight excluding hydrogens is 428 g/mol. The number of cyclic esters (lactones) is 1. The minimum absolute atomic E-state index is 0.122. The van der Waals surface area contributed by atoms with E-state index in [1.165, 1.54) is 0 Å². The maximum atomic E-state index is 13.7. The molecule has 0 radical (unpaired) electrons. The molecule has 5 atom stereocenters. The van der Waals surface area contributed by atoms with Gasteiger partial charge in [0.1, 0.15) is 18.1 Å². The highest BCUT2D eigenvalue weighted by molar-refractivity contribution is 5.98. The van der Waals surface area contributed by atoms with Crippen LogP contribution in [0.25, 0.3) is 0 Å². The molecule has 4 rings (SSSR count). The number of benzene rings is 1. The van der Waals surface area contributed by atoms with E-state index in [-0.39, 0.29) is 24.3 Å². The molecule has 2 unspecified atom stereocenters. The summed E-state index contributed by atoms with van der Waals surface area (Å²) < 4.78 is 4.71. The lowest BCUT2D eigenvalue weighted by molar-refractivity contribution is -0.156. The van der Waals surface area contributed by atoms with Gasteiger partial charge in [0.05, 0.1) is 6.42 Å². The third-order valence-electron chi connectivity index (χ3n) is 6.52. The summed E-state index contributed by atoms with van der Waals surface area (Å²) in [6.45, 7) is 0.938. The average Bonchev–Trinajstić information content (AvgIpc) is 3.10. The van der Waals surface area contributed by atoms with Crippen molar-refractivity contribution in [1.29, 1.82) is 0 Å². The predicted molar refractivity (Wildman–Crippen MR) is 117 cm³/mol. The lowest BCUT2D eigenvalue weighted by atomic mass is 9.93. The summed E-state index contributed by atoms with van der Waals surface area (Å²) in [5.74, 6) is -1.64. The van der Waals surface area contributed by atoms with Crippen molar-refractivity contribution in [1.82, 2.24) is 20.4 Å². The summed E-state index contributed by atoms with van der Waals surface area (Å²) in [6, 6.07) is 6.15. The minimum atomic E-state index is -1.40. The standard InChI is InChI=1S/C23H30N4O6/c1-26-12-15-9-5-6-10-16(24-20(29)14-7-3-2-4-8-14)22(31)27(15)18(13-26)21(30)25-17-11-19(28)33-23(17)32/h2-4,7-8,15-18,23,32H,5-6,9-13H2,1H3,(H,24,29)(H,25,30)/t15-,16-,17?,18-,23?/m0/s1. The molecular formula is C23H30N4O6. The van der Waals surface area contributed by atoms with Crippen LogP contribution >= 0.6 is 0 Å². The number of ether oxygens (including phenoxy) is 1. The lowest BCUT2D eigenvalue weighted by Crippen LogP contribution is -2.67. The van der Waals surface area contributed by atoms with Gasteiger partial charge in [-0.25, -0.2) is 0 Å². The first-order chi connectivity index (χ1) is 15.8. The predicted octanol–water partition coefficient (Wildman–Crippen LogP) is -0.380. The summed E-state index contributed by atoms with van der Waals surface area (Å²) >= 11 is 0. The van der Waals surface area contributed by atoms with Crippen LogP contribution < -0.4 is 10.6 Å². The molecule has 3 amide bonds. The normalized spacial score (nSPS) is 30.6. The Kier molecular flexibility index (Phi) is 6.94. The quantitative estimate of drug-likeness (QED) is 0.525. The third kappa shape index (κ3) is 5.17. The number of esters is 1. The molecule has 0 saturated carbocycles. The van der Waals surface area contributed by atoms with Gasteiger partial charge in [-0.2, -0.15) is 0 Å². The molecule has 178 valence electrons. The summed E-state index contributed by atoms with van der Waals surface area (Å²) in [7, 11) is 1.90. The van der Waals surface area contributed by atoms with Crippen LogP contribution in [0, 0.1) is 0 Å². The van der Waals surface area contributed by atoms with Gasteiger partial charge < -0.3 is 30.3 Å². The molecule has 1 aromatic rings. The highest BCUT2D eigenvalue weighted by atomic mass is 16.6. The average molecular weight is 459 g/mol. The van der Waals surface area contributed by atoms with Crippen molar-refractivity contribution >= 4 is 23.7 Å². The molecule has 3 aliphatic heterocycles. The van der Waals surface area contributed by atoms with Crippen molar-refractivity contribution in [2.45, 2.75) is 62.6 Å². The van der Waals surface area contributed by atoms with E-state index in [0.717, 1.165) is 19.3 Å². The van der Waals surface area contributed by atoms with E-state index in [1.807, 2.05) is 18.0 Å². The molecule has 33 heavy (non-hydrogen) atoms. The van der Waals surface area contributed by atoms with Gasteiger partial charge in [0.2, 0.25) is 18.1 Å². The van der Waals surface area contributed by atoms with E-state index in [9.17, 15) is 24.3 Å². The van der Waals surface area contributed by atoms with Crippen LogP contribution in [0.3, 0.4) is 0 Å². The minimum Gasteiger partial charge on any atom is -0.434 e. The zero-order valence-electron chi connectivity index (χ0n) is 18.6.